The molecule has 122 valence electrons. The summed E-state index contributed by atoms with van der Waals surface area (Å²) in [5.74, 6) is 0.631. The predicted octanol–water partition coefficient (Wildman–Crippen LogP) is 4.30. The number of thiophene rings is 2. The van der Waals surface area contributed by atoms with Crippen molar-refractivity contribution in [2.45, 2.75) is 0 Å². The van der Waals surface area contributed by atoms with E-state index >= 15 is 0 Å². The third kappa shape index (κ3) is 4.91. The van der Waals surface area contributed by atoms with Gasteiger partial charge < -0.3 is 9.42 Å². The van der Waals surface area contributed by atoms with Crippen molar-refractivity contribution < 1.29 is 9.32 Å². The van der Waals surface area contributed by atoms with E-state index in [1.54, 1.807) is 48.7 Å². The van der Waals surface area contributed by atoms with E-state index in [0.717, 1.165) is 10.6 Å². The van der Waals surface area contributed by atoms with E-state index in [0.29, 0.717) is 4.88 Å². The van der Waals surface area contributed by atoms with Gasteiger partial charge >= 0.3 is 0 Å². The number of hydrogen-bond acceptors (Lipinski definition) is 7. The molecule has 5 nitrogen and oxygen atoms in total. The van der Waals surface area contributed by atoms with E-state index < -0.39 is 0 Å². The van der Waals surface area contributed by atoms with Gasteiger partial charge in [-0.15, -0.1) is 22.7 Å². The molecule has 0 bridgehead atoms. The van der Waals surface area contributed by atoms with Crippen LogP contribution in [0.2, 0.25) is 0 Å². The normalized spacial score (nSPS) is 10.5. The van der Waals surface area contributed by atoms with Crippen LogP contribution in [0.3, 0.4) is 0 Å². The lowest BCUT2D eigenvalue weighted by Gasteiger charge is -2.04. The molecular weight excluding hydrogens is 342 g/mol. The van der Waals surface area contributed by atoms with Gasteiger partial charge in [-0.25, -0.2) is 0 Å². The van der Waals surface area contributed by atoms with Crippen molar-refractivity contribution in [1.29, 1.82) is 5.26 Å². The number of nitrogens with zero attached hydrogens (tertiary/aromatic N) is 3. The summed E-state index contributed by atoms with van der Waals surface area (Å²) in [7, 11) is 3.55. The van der Waals surface area contributed by atoms with E-state index in [-0.39, 0.29) is 11.4 Å². The van der Waals surface area contributed by atoms with E-state index in [2.05, 4.69) is 5.16 Å². The molecule has 0 saturated carbocycles. The number of carbonyl (C=O) groups is 1. The molecule has 0 N–H and O–H groups in total. The second-order valence-electron chi connectivity index (χ2n) is 4.78. The zero-order chi connectivity index (χ0) is 17.4. The molecule has 0 aromatic carbocycles. The van der Waals surface area contributed by atoms with E-state index in [9.17, 15) is 4.79 Å². The lowest BCUT2D eigenvalue weighted by atomic mass is 10.2. The molecule has 0 aliphatic carbocycles. The van der Waals surface area contributed by atoms with Crippen LogP contribution in [0.25, 0.3) is 10.6 Å². The smallest absolute Gasteiger partial charge is 0.214 e. The summed E-state index contributed by atoms with van der Waals surface area (Å²) in [6, 6.07) is 11.3. The maximum absolute atomic E-state index is 11.7. The van der Waals surface area contributed by atoms with Gasteiger partial charge in [0.2, 0.25) is 5.78 Å². The fourth-order valence-corrected chi connectivity index (χ4v) is 3.06. The molecule has 0 radical (unpaired) electrons. The molecule has 0 aliphatic rings. The number of hydrogen-bond donors (Lipinski definition) is 0. The van der Waals surface area contributed by atoms with Crippen LogP contribution in [0.1, 0.15) is 9.67 Å². The lowest BCUT2D eigenvalue weighted by Crippen LogP contribution is -2.07. The fourth-order valence-electron chi connectivity index (χ4n) is 1.70. The fraction of sp³-hybridized carbons (Fsp3) is 0.118. The molecule has 0 aliphatic heterocycles. The SMILES string of the molecule is CN(C)/C=C(\C#N)C(=O)c1cccs1.c1csc(-c2ccno2)c1. The molecule has 0 amide bonds. The van der Waals surface area contributed by atoms with Crippen molar-refractivity contribution in [2.24, 2.45) is 0 Å². The topological polar surface area (TPSA) is 70.1 Å². The number of rotatable bonds is 4. The molecule has 0 spiro atoms. The minimum absolute atomic E-state index is 0.164. The minimum atomic E-state index is -0.212. The molecule has 0 unspecified atom stereocenters. The van der Waals surface area contributed by atoms with E-state index in [1.165, 1.54) is 17.5 Å². The first-order chi connectivity index (χ1) is 11.6. The zero-order valence-electron chi connectivity index (χ0n) is 13.2. The highest BCUT2D eigenvalue weighted by molar-refractivity contribution is 7.13. The van der Waals surface area contributed by atoms with Gasteiger partial charge in [0, 0.05) is 26.4 Å². The first-order valence-electron chi connectivity index (χ1n) is 6.93. The first-order valence-corrected chi connectivity index (χ1v) is 8.69. The van der Waals surface area contributed by atoms with Gasteiger partial charge in [0.1, 0.15) is 11.6 Å². The van der Waals surface area contributed by atoms with Gasteiger partial charge in [-0.2, -0.15) is 5.26 Å². The first kappa shape index (κ1) is 17.7. The zero-order valence-corrected chi connectivity index (χ0v) is 14.8. The quantitative estimate of drug-likeness (QED) is 0.395. The van der Waals surface area contributed by atoms with Gasteiger partial charge in [-0.05, 0) is 22.9 Å². The van der Waals surface area contributed by atoms with Gasteiger partial charge in [-0.1, -0.05) is 17.3 Å². The Balaban J connectivity index is 0.000000182. The highest BCUT2D eigenvalue weighted by Crippen LogP contribution is 2.23. The summed E-state index contributed by atoms with van der Waals surface area (Å²) in [5, 5.41) is 16.2. The Kier molecular flexibility index (Phi) is 6.49. The monoisotopic (exact) mass is 357 g/mol. The highest BCUT2D eigenvalue weighted by Gasteiger charge is 2.12. The summed E-state index contributed by atoms with van der Waals surface area (Å²) in [4.78, 5) is 15.1. The van der Waals surface area contributed by atoms with Gasteiger partial charge in [-0.3, -0.25) is 4.79 Å². The van der Waals surface area contributed by atoms with Crippen molar-refractivity contribution in [3.05, 3.63) is 63.9 Å². The van der Waals surface area contributed by atoms with Crippen molar-refractivity contribution in [3.8, 4) is 16.7 Å². The Morgan fingerprint density at radius 3 is 2.50 bits per heavy atom. The summed E-state index contributed by atoms with van der Waals surface area (Å²) in [5.41, 5.74) is 0.164. The van der Waals surface area contributed by atoms with Crippen LogP contribution in [0.15, 0.2) is 63.6 Å². The molecule has 0 atom stereocenters. The third-order valence-corrected chi connectivity index (χ3v) is 4.45. The minimum Gasteiger partial charge on any atom is -0.382 e. The molecule has 3 aromatic rings. The standard InChI is InChI=1S/C10H10N2OS.C7H5NOS/c1-12(2)7-8(6-11)10(13)9-4-3-5-14-9;1-2-7(10-5-1)6-3-4-8-9-6/h3-5,7H,1-2H3;1-5H/b8-7+;. The third-order valence-electron chi connectivity index (χ3n) is 2.70. The summed E-state index contributed by atoms with van der Waals surface area (Å²) < 4.78 is 4.94. The maximum atomic E-state index is 11.7. The number of carbonyl (C=O) groups excluding carboxylic acids is 1. The summed E-state index contributed by atoms with van der Waals surface area (Å²) in [6.45, 7) is 0. The van der Waals surface area contributed by atoms with E-state index in [4.69, 9.17) is 9.78 Å². The molecule has 3 rings (SSSR count). The van der Waals surface area contributed by atoms with Crippen molar-refractivity contribution in [1.82, 2.24) is 10.1 Å². The Morgan fingerprint density at radius 1 is 1.25 bits per heavy atom. The maximum Gasteiger partial charge on any atom is 0.214 e. The van der Waals surface area contributed by atoms with Crippen molar-refractivity contribution >= 4 is 28.5 Å². The molecule has 7 heteroatoms. The Morgan fingerprint density at radius 2 is 2.00 bits per heavy atom. The van der Waals surface area contributed by atoms with Gasteiger partial charge in [0.05, 0.1) is 16.0 Å². The largest absolute Gasteiger partial charge is 0.382 e. The Hall–Kier alpha value is -2.69. The molecule has 0 saturated heterocycles. The highest BCUT2D eigenvalue weighted by atomic mass is 32.1. The number of Topliss-reactive ketones (excluding diaryl/α,β-unsaturated/α-hetero) is 1. The van der Waals surface area contributed by atoms with Crippen LogP contribution in [-0.4, -0.2) is 29.9 Å². The summed E-state index contributed by atoms with van der Waals surface area (Å²) in [6.07, 6.45) is 3.18. The number of aromatic nitrogens is 1. The molecule has 24 heavy (non-hydrogen) atoms. The van der Waals surface area contributed by atoms with Crippen LogP contribution in [-0.2, 0) is 0 Å². The molecule has 3 aromatic heterocycles. The van der Waals surface area contributed by atoms with Crippen LogP contribution < -0.4 is 0 Å². The average Bonchev–Trinajstić information content (AvgIpc) is 3.34. The van der Waals surface area contributed by atoms with Crippen LogP contribution in [0.4, 0.5) is 0 Å². The molecule has 0 fully saturated rings. The second kappa shape index (κ2) is 8.82. The average molecular weight is 357 g/mol. The van der Waals surface area contributed by atoms with Crippen LogP contribution in [0, 0.1) is 11.3 Å². The Bertz CT molecular complexity index is 780. The second-order valence-corrected chi connectivity index (χ2v) is 6.67. The van der Waals surface area contributed by atoms with Crippen LogP contribution in [0.5, 0.6) is 0 Å². The number of allylic oxidation sites excluding steroid dienone is 1. The Labute approximate surface area is 148 Å². The predicted molar refractivity (Wildman–Crippen MR) is 95.8 cm³/mol. The summed E-state index contributed by atoms with van der Waals surface area (Å²) >= 11 is 2.99. The van der Waals surface area contributed by atoms with Gasteiger partial charge in [0.25, 0.3) is 0 Å². The van der Waals surface area contributed by atoms with Crippen LogP contribution >= 0.6 is 22.7 Å². The molecular formula is C17H15N3O2S2. The van der Waals surface area contributed by atoms with Crippen molar-refractivity contribution in [2.75, 3.05) is 14.1 Å². The number of ketones is 1. The number of nitriles is 1. The molecule has 3 heterocycles. The lowest BCUT2D eigenvalue weighted by molar-refractivity contribution is 0.104. The van der Waals surface area contributed by atoms with E-state index in [1.807, 2.05) is 35.0 Å². The van der Waals surface area contributed by atoms with Crippen molar-refractivity contribution in [3.63, 3.8) is 0 Å². The van der Waals surface area contributed by atoms with Gasteiger partial charge in [0.15, 0.2) is 5.76 Å².